The Hall–Kier alpha value is -2.07. The molecule has 0 amide bonds. The van der Waals surface area contributed by atoms with Crippen molar-refractivity contribution in [1.82, 2.24) is 10.2 Å². The number of nitrogens with one attached hydrogen (secondary N) is 2. The molecule has 8 heteroatoms. The standard InChI is InChI=1S/C21H29FN4O2.HI/c1-6-28-20-12-17(8-10-19(20)27-5)25-21(23-2)24-13-15-7-9-18(22)16(11-15)14-26(3)4;/h7-12H,6,13-14H2,1-5H3,(H2,23,24,25);1H. The molecule has 0 heterocycles. The summed E-state index contributed by atoms with van der Waals surface area (Å²) >= 11 is 0. The minimum absolute atomic E-state index is 0. The zero-order chi connectivity index (χ0) is 20.5. The van der Waals surface area contributed by atoms with Crippen LogP contribution in [-0.2, 0) is 13.1 Å². The predicted molar refractivity (Wildman–Crippen MR) is 127 cm³/mol. The van der Waals surface area contributed by atoms with Crippen molar-refractivity contribution in [1.29, 1.82) is 0 Å². The molecule has 2 aromatic rings. The number of rotatable bonds is 8. The van der Waals surface area contributed by atoms with Gasteiger partial charge in [-0.1, -0.05) is 6.07 Å². The molecule has 160 valence electrons. The molecule has 0 bridgehead atoms. The van der Waals surface area contributed by atoms with Gasteiger partial charge in [-0.2, -0.15) is 0 Å². The normalized spacial score (nSPS) is 11.1. The van der Waals surface area contributed by atoms with Crippen LogP contribution in [0, 0.1) is 5.82 Å². The molecule has 0 spiro atoms. The largest absolute Gasteiger partial charge is 0.493 e. The minimum Gasteiger partial charge on any atom is -0.493 e. The summed E-state index contributed by atoms with van der Waals surface area (Å²) in [6.45, 7) is 3.55. The second kappa shape index (κ2) is 12.5. The fourth-order valence-corrected chi connectivity index (χ4v) is 2.72. The third kappa shape index (κ3) is 7.69. The van der Waals surface area contributed by atoms with Crippen molar-refractivity contribution < 1.29 is 13.9 Å². The van der Waals surface area contributed by atoms with Crippen LogP contribution in [0.3, 0.4) is 0 Å². The molecule has 0 aromatic heterocycles. The Labute approximate surface area is 189 Å². The summed E-state index contributed by atoms with van der Waals surface area (Å²) in [5, 5.41) is 6.47. The van der Waals surface area contributed by atoms with Gasteiger partial charge >= 0.3 is 0 Å². The van der Waals surface area contributed by atoms with Gasteiger partial charge in [0, 0.05) is 37.5 Å². The van der Waals surface area contributed by atoms with Gasteiger partial charge in [-0.25, -0.2) is 4.39 Å². The molecule has 0 aliphatic heterocycles. The maximum absolute atomic E-state index is 13.9. The van der Waals surface area contributed by atoms with E-state index in [0.717, 1.165) is 11.3 Å². The van der Waals surface area contributed by atoms with E-state index in [9.17, 15) is 4.39 Å². The Kier molecular flexibility index (Phi) is 10.7. The number of hydrogen-bond donors (Lipinski definition) is 2. The number of hydrogen-bond acceptors (Lipinski definition) is 4. The number of methoxy groups -OCH3 is 1. The summed E-state index contributed by atoms with van der Waals surface area (Å²) in [5.74, 6) is 1.75. The zero-order valence-electron chi connectivity index (χ0n) is 17.6. The van der Waals surface area contributed by atoms with Crippen molar-refractivity contribution in [3.63, 3.8) is 0 Å². The lowest BCUT2D eigenvalue weighted by molar-refractivity contribution is 0.311. The average molecular weight is 516 g/mol. The van der Waals surface area contributed by atoms with Crippen LogP contribution in [0.5, 0.6) is 11.5 Å². The third-order valence-corrected chi connectivity index (χ3v) is 4.01. The van der Waals surface area contributed by atoms with Crippen LogP contribution < -0.4 is 20.1 Å². The van der Waals surface area contributed by atoms with Gasteiger partial charge in [-0.3, -0.25) is 4.99 Å². The van der Waals surface area contributed by atoms with Crippen LogP contribution in [0.4, 0.5) is 10.1 Å². The molecule has 0 aliphatic carbocycles. The second-order valence-electron chi connectivity index (χ2n) is 6.51. The van der Waals surface area contributed by atoms with E-state index in [1.54, 1.807) is 20.2 Å². The van der Waals surface area contributed by atoms with E-state index in [4.69, 9.17) is 9.47 Å². The molecule has 29 heavy (non-hydrogen) atoms. The van der Waals surface area contributed by atoms with Crippen molar-refractivity contribution in [2.75, 3.05) is 40.2 Å². The minimum atomic E-state index is -0.193. The van der Waals surface area contributed by atoms with Gasteiger partial charge in [0.1, 0.15) is 5.82 Å². The molecule has 0 saturated heterocycles. The lowest BCUT2D eigenvalue weighted by Crippen LogP contribution is -2.30. The molecule has 0 radical (unpaired) electrons. The fourth-order valence-electron chi connectivity index (χ4n) is 2.72. The van der Waals surface area contributed by atoms with Gasteiger partial charge in [0.2, 0.25) is 0 Å². The van der Waals surface area contributed by atoms with Crippen molar-refractivity contribution in [2.24, 2.45) is 4.99 Å². The highest BCUT2D eigenvalue weighted by Crippen LogP contribution is 2.30. The topological polar surface area (TPSA) is 58.1 Å². The van der Waals surface area contributed by atoms with Crippen LogP contribution in [0.15, 0.2) is 41.4 Å². The first-order valence-electron chi connectivity index (χ1n) is 9.17. The number of guanidine groups is 1. The summed E-state index contributed by atoms with van der Waals surface area (Å²) < 4.78 is 24.8. The average Bonchev–Trinajstić information content (AvgIpc) is 2.67. The molecule has 0 saturated carbocycles. The van der Waals surface area contributed by atoms with E-state index in [-0.39, 0.29) is 29.8 Å². The lowest BCUT2D eigenvalue weighted by atomic mass is 10.1. The van der Waals surface area contributed by atoms with E-state index in [1.165, 1.54) is 6.07 Å². The van der Waals surface area contributed by atoms with Crippen LogP contribution in [0.25, 0.3) is 0 Å². The summed E-state index contributed by atoms with van der Waals surface area (Å²) in [4.78, 5) is 6.19. The number of nitrogens with zero attached hydrogens (tertiary/aromatic N) is 2. The van der Waals surface area contributed by atoms with Crippen LogP contribution >= 0.6 is 24.0 Å². The highest BCUT2D eigenvalue weighted by molar-refractivity contribution is 14.0. The Morgan fingerprint density at radius 2 is 1.90 bits per heavy atom. The van der Waals surface area contributed by atoms with Gasteiger partial charge < -0.3 is 25.0 Å². The molecule has 0 unspecified atom stereocenters. The Morgan fingerprint density at radius 1 is 1.14 bits per heavy atom. The van der Waals surface area contributed by atoms with E-state index in [1.807, 2.05) is 50.2 Å². The molecule has 0 fully saturated rings. The number of ether oxygens (including phenoxy) is 2. The quantitative estimate of drug-likeness (QED) is 0.315. The van der Waals surface area contributed by atoms with Gasteiger partial charge in [-0.05, 0) is 50.8 Å². The molecule has 6 nitrogen and oxygen atoms in total. The first-order valence-corrected chi connectivity index (χ1v) is 9.17. The van der Waals surface area contributed by atoms with E-state index in [0.29, 0.717) is 42.7 Å². The highest BCUT2D eigenvalue weighted by atomic mass is 127. The number of benzene rings is 2. The Bertz CT molecular complexity index is 815. The molecule has 2 N–H and O–H groups in total. The van der Waals surface area contributed by atoms with Crippen LogP contribution in [-0.4, -0.2) is 45.7 Å². The van der Waals surface area contributed by atoms with Crippen molar-refractivity contribution in [2.45, 2.75) is 20.0 Å². The van der Waals surface area contributed by atoms with Crippen LogP contribution in [0.2, 0.25) is 0 Å². The summed E-state index contributed by atoms with van der Waals surface area (Å²) in [6, 6.07) is 10.7. The third-order valence-electron chi connectivity index (χ3n) is 4.01. The molecule has 0 aliphatic rings. The second-order valence-corrected chi connectivity index (χ2v) is 6.51. The van der Waals surface area contributed by atoms with E-state index in [2.05, 4.69) is 15.6 Å². The van der Waals surface area contributed by atoms with E-state index < -0.39 is 0 Å². The van der Waals surface area contributed by atoms with Crippen molar-refractivity contribution in [3.05, 3.63) is 53.3 Å². The molecule has 0 atom stereocenters. The maximum atomic E-state index is 13.9. The van der Waals surface area contributed by atoms with Gasteiger partial charge in [0.05, 0.1) is 13.7 Å². The Morgan fingerprint density at radius 3 is 2.52 bits per heavy atom. The number of halogens is 2. The Balaban J connectivity index is 0.00000420. The summed E-state index contributed by atoms with van der Waals surface area (Å²) in [7, 11) is 7.14. The lowest BCUT2D eigenvalue weighted by Gasteiger charge is -2.15. The first kappa shape index (κ1) is 25.0. The highest BCUT2D eigenvalue weighted by Gasteiger charge is 2.08. The maximum Gasteiger partial charge on any atom is 0.195 e. The van der Waals surface area contributed by atoms with Gasteiger partial charge in [0.15, 0.2) is 17.5 Å². The van der Waals surface area contributed by atoms with Crippen molar-refractivity contribution in [3.8, 4) is 11.5 Å². The SMILES string of the molecule is CCOc1cc(NC(=NC)NCc2ccc(F)c(CN(C)C)c2)ccc1OC.I. The first-order chi connectivity index (χ1) is 13.5. The molecular formula is C21H30FIN4O2. The molecule has 2 aromatic carbocycles. The van der Waals surface area contributed by atoms with E-state index >= 15 is 0 Å². The summed E-state index contributed by atoms with van der Waals surface area (Å²) in [5.41, 5.74) is 2.47. The number of anilines is 1. The smallest absolute Gasteiger partial charge is 0.195 e. The molecule has 2 rings (SSSR count). The summed E-state index contributed by atoms with van der Waals surface area (Å²) in [6.07, 6.45) is 0. The number of aliphatic imine (C=N–C) groups is 1. The fraction of sp³-hybridized carbons (Fsp3) is 0.381. The molecular weight excluding hydrogens is 486 g/mol. The zero-order valence-corrected chi connectivity index (χ0v) is 19.9. The van der Waals surface area contributed by atoms with Gasteiger partial charge in [-0.15, -0.1) is 24.0 Å². The van der Waals surface area contributed by atoms with Crippen LogP contribution in [0.1, 0.15) is 18.1 Å². The predicted octanol–water partition coefficient (Wildman–Crippen LogP) is 4.10. The van der Waals surface area contributed by atoms with Crippen molar-refractivity contribution >= 4 is 35.6 Å². The van der Waals surface area contributed by atoms with Gasteiger partial charge in [0.25, 0.3) is 0 Å². The monoisotopic (exact) mass is 516 g/mol.